The molecule has 1 amide bonds. The minimum absolute atomic E-state index is 0.122. The van der Waals surface area contributed by atoms with Gasteiger partial charge in [0.15, 0.2) is 0 Å². The maximum atomic E-state index is 11.8. The zero-order valence-electron chi connectivity index (χ0n) is 9.39. The van der Waals surface area contributed by atoms with Gasteiger partial charge in [-0.05, 0) is 12.8 Å². The van der Waals surface area contributed by atoms with E-state index in [9.17, 15) is 9.90 Å². The van der Waals surface area contributed by atoms with E-state index in [0.29, 0.717) is 5.69 Å². The summed E-state index contributed by atoms with van der Waals surface area (Å²) in [5.74, 6) is -0.202. The molecule has 0 saturated heterocycles. The van der Waals surface area contributed by atoms with E-state index >= 15 is 0 Å². The van der Waals surface area contributed by atoms with Crippen molar-refractivity contribution in [2.45, 2.75) is 37.8 Å². The highest BCUT2D eigenvalue weighted by atomic mass is 16.3. The van der Waals surface area contributed by atoms with Gasteiger partial charge in [0.05, 0.1) is 18.5 Å². The Morgan fingerprint density at radius 1 is 1.56 bits per heavy atom. The van der Waals surface area contributed by atoms with E-state index in [2.05, 4.69) is 10.3 Å². The van der Waals surface area contributed by atoms with Gasteiger partial charge in [0.25, 0.3) is 5.91 Å². The maximum Gasteiger partial charge on any atom is 0.271 e. The normalized spacial score (nSPS) is 25.4. The first-order chi connectivity index (χ1) is 7.66. The van der Waals surface area contributed by atoms with Crippen molar-refractivity contribution in [3.05, 3.63) is 18.2 Å². The van der Waals surface area contributed by atoms with Crippen molar-refractivity contribution < 1.29 is 9.90 Å². The highest BCUT2D eigenvalue weighted by Gasteiger charge is 2.25. The van der Waals surface area contributed by atoms with Gasteiger partial charge in [-0.25, -0.2) is 4.98 Å². The number of aryl methyl sites for hydroxylation is 1. The second-order valence-electron chi connectivity index (χ2n) is 4.36. The van der Waals surface area contributed by atoms with Crippen LogP contribution in [-0.4, -0.2) is 32.7 Å². The Kier molecular flexibility index (Phi) is 3.24. The lowest BCUT2D eigenvalue weighted by atomic mass is 9.92. The van der Waals surface area contributed by atoms with Crippen LogP contribution in [0, 0.1) is 0 Å². The average molecular weight is 223 g/mol. The van der Waals surface area contributed by atoms with Gasteiger partial charge < -0.3 is 15.0 Å². The second kappa shape index (κ2) is 4.65. The van der Waals surface area contributed by atoms with Crippen LogP contribution in [0.25, 0.3) is 0 Å². The molecule has 1 aromatic heterocycles. The first-order valence-corrected chi connectivity index (χ1v) is 5.63. The lowest BCUT2D eigenvalue weighted by Crippen LogP contribution is -2.45. The van der Waals surface area contributed by atoms with E-state index in [-0.39, 0.29) is 11.9 Å². The molecule has 1 aromatic rings. The van der Waals surface area contributed by atoms with E-state index in [1.165, 1.54) is 0 Å². The summed E-state index contributed by atoms with van der Waals surface area (Å²) >= 11 is 0. The number of aromatic nitrogens is 2. The molecule has 0 unspecified atom stereocenters. The summed E-state index contributed by atoms with van der Waals surface area (Å²) in [6.07, 6.45) is 6.56. The predicted octanol–water partition coefficient (Wildman–Crippen LogP) is 0.453. The van der Waals surface area contributed by atoms with E-state index < -0.39 is 6.10 Å². The number of hydrogen-bond donors (Lipinski definition) is 2. The number of nitrogens with one attached hydrogen (secondary N) is 1. The molecule has 0 bridgehead atoms. The molecule has 2 rings (SSSR count). The maximum absolute atomic E-state index is 11.8. The van der Waals surface area contributed by atoms with Crippen molar-refractivity contribution in [3.63, 3.8) is 0 Å². The zero-order valence-corrected chi connectivity index (χ0v) is 9.39. The Morgan fingerprint density at radius 3 is 2.94 bits per heavy atom. The first-order valence-electron chi connectivity index (χ1n) is 5.63. The Labute approximate surface area is 94.5 Å². The number of amides is 1. The molecule has 0 aliphatic heterocycles. The summed E-state index contributed by atoms with van der Waals surface area (Å²) in [4.78, 5) is 15.7. The Bertz CT molecular complexity index is 375. The van der Waals surface area contributed by atoms with Gasteiger partial charge in [-0.1, -0.05) is 12.8 Å². The largest absolute Gasteiger partial charge is 0.391 e. The van der Waals surface area contributed by atoms with Gasteiger partial charge >= 0.3 is 0 Å². The molecule has 2 N–H and O–H groups in total. The summed E-state index contributed by atoms with van der Waals surface area (Å²) in [6, 6.07) is -0.122. The van der Waals surface area contributed by atoms with Crippen molar-refractivity contribution in [3.8, 4) is 0 Å². The molecule has 0 spiro atoms. The summed E-state index contributed by atoms with van der Waals surface area (Å²) in [5, 5.41) is 12.6. The fourth-order valence-corrected chi connectivity index (χ4v) is 2.05. The molecule has 5 nitrogen and oxygen atoms in total. The van der Waals surface area contributed by atoms with Crippen LogP contribution in [-0.2, 0) is 7.05 Å². The van der Waals surface area contributed by atoms with Gasteiger partial charge in [0.2, 0.25) is 0 Å². The first kappa shape index (κ1) is 11.1. The van der Waals surface area contributed by atoms with E-state index in [1.807, 2.05) is 7.05 Å². The molecule has 16 heavy (non-hydrogen) atoms. The molecule has 0 radical (unpaired) electrons. The van der Waals surface area contributed by atoms with Crippen LogP contribution in [0.5, 0.6) is 0 Å². The Hall–Kier alpha value is -1.36. The number of hydrogen-bond acceptors (Lipinski definition) is 3. The average Bonchev–Trinajstić information content (AvgIpc) is 2.68. The molecule has 1 aliphatic carbocycles. The number of carbonyl (C=O) groups excluding carboxylic acids is 1. The van der Waals surface area contributed by atoms with Crippen LogP contribution in [0.1, 0.15) is 36.2 Å². The predicted molar refractivity (Wildman–Crippen MR) is 58.9 cm³/mol. The molecule has 1 aliphatic rings. The van der Waals surface area contributed by atoms with E-state index in [1.54, 1.807) is 17.1 Å². The van der Waals surface area contributed by atoms with E-state index in [4.69, 9.17) is 0 Å². The van der Waals surface area contributed by atoms with Crippen LogP contribution >= 0.6 is 0 Å². The standard InChI is InChI=1S/C11H17N3O2/c1-14-6-9(12-7-14)11(16)13-8-4-2-3-5-10(8)15/h6-8,10,15H,2-5H2,1H3,(H,13,16)/t8-,10-/m1/s1. The van der Waals surface area contributed by atoms with Crippen molar-refractivity contribution in [1.29, 1.82) is 0 Å². The number of aliphatic hydroxyl groups excluding tert-OH is 1. The quantitative estimate of drug-likeness (QED) is 0.765. The van der Waals surface area contributed by atoms with Gasteiger partial charge in [-0.3, -0.25) is 4.79 Å². The topological polar surface area (TPSA) is 67.2 Å². The van der Waals surface area contributed by atoms with Crippen molar-refractivity contribution >= 4 is 5.91 Å². The molecular weight excluding hydrogens is 206 g/mol. The molecular formula is C11H17N3O2. The molecule has 5 heteroatoms. The number of imidazole rings is 1. The SMILES string of the molecule is Cn1cnc(C(=O)N[C@@H]2CCCC[C@H]2O)c1. The van der Waals surface area contributed by atoms with Gasteiger partial charge in [0.1, 0.15) is 5.69 Å². The van der Waals surface area contributed by atoms with Crippen LogP contribution in [0.2, 0.25) is 0 Å². The molecule has 0 aromatic carbocycles. The third-order valence-corrected chi connectivity index (χ3v) is 2.98. The van der Waals surface area contributed by atoms with Gasteiger partial charge in [-0.15, -0.1) is 0 Å². The lowest BCUT2D eigenvalue weighted by molar-refractivity contribution is 0.0714. The van der Waals surface area contributed by atoms with Crippen molar-refractivity contribution in [2.24, 2.45) is 7.05 Å². The molecule has 88 valence electrons. The number of rotatable bonds is 2. The minimum Gasteiger partial charge on any atom is -0.391 e. The minimum atomic E-state index is -0.415. The molecule has 1 saturated carbocycles. The summed E-state index contributed by atoms with van der Waals surface area (Å²) < 4.78 is 1.73. The van der Waals surface area contributed by atoms with E-state index in [0.717, 1.165) is 25.7 Å². The number of nitrogens with zero attached hydrogens (tertiary/aromatic N) is 2. The summed E-state index contributed by atoms with van der Waals surface area (Å²) in [5.41, 5.74) is 0.403. The van der Waals surface area contributed by atoms with Crippen molar-refractivity contribution in [1.82, 2.24) is 14.9 Å². The smallest absolute Gasteiger partial charge is 0.271 e. The summed E-state index contributed by atoms with van der Waals surface area (Å²) in [6.45, 7) is 0. The fourth-order valence-electron chi connectivity index (χ4n) is 2.05. The molecule has 2 atom stereocenters. The Balaban J connectivity index is 1.96. The van der Waals surface area contributed by atoms with Crippen molar-refractivity contribution in [2.75, 3.05) is 0 Å². The van der Waals surface area contributed by atoms with Crippen LogP contribution in [0.4, 0.5) is 0 Å². The Morgan fingerprint density at radius 2 is 2.31 bits per heavy atom. The second-order valence-corrected chi connectivity index (χ2v) is 4.36. The highest BCUT2D eigenvalue weighted by molar-refractivity contribution is 5.92. The number of carbonyl (C=O) groups is 1. The summed E-state index contributed by atoms with van der Waals surface area (Å²) in [7, 11) is 1.82. The zero-order chi connectivity index (χ0) is 11.5. The third-order valence-electron chi connectivity index (χ3n) is 2.98. The van der Waals surface area contributed by atoms with Gasteiger partial charge in [0, 0.05) is 13.2 Å². The van der Waals surface area contributed by atoms with Gasteiger partial charge in [-0.2, -0.15) is 0 Å². The monoisotopic (exact) mass is 223 g/mol. The third kappa shape index (κ3) is 2.41. The fraction of sp³-hybridized carbons (Fsp3) is 0.636. The highest BCUT2D eigenvalue weighted by Crippen LogP contribution is 2.18. The lowest BCUT2D eigenvalue weighted by Gasteiger charge is -2.27. The van der Waals surface area contributed by atoms with Crippen LogP contribution in [0.15, 0.2) is 12.5 Å². The number of aliphatic hydroxyl groups is 1. The molecule has 1 heterocycles. The van der Waals surface area contributed by atoms with Crippen LogP contribution in [0.3, 0.4) is 0 Å². The van der Waals surface area contributed by atoms with Crippen LogP contribution < -0.4 is 5.32 Å². The molecule has 1 fully saturated rings.